The summed E-state index contributed by atoms with van der Waals surface area (Å²) in [6.07, 6.45) is 0.383. The molecule has 2 heteroatoms. The van der Waals surface area contributed by atoms with Gasteiger partial charge in [0.1, 0.15) is 11.6 Å². The van der Waals surface area contributed by atoms with E-state index in [1.165, 1.54) is 0 Å². The highest BCUT2D eigenvalue weighted by molar-refractivity contribution is 5.90. The van der Waals surface area contributed by atoms with Crippen LogP contribution >= 0.6 is 0 Å². The molecular weight excluding hydrogens is 176 g/mol. The third kappa shape index (κ3) is 4.03. The summed E-state index contributed by atoms with van der Waals surface area (Å²) in [6, 6.07) is 0. The largest absolute Gasteiger partial charge is 0.300 e. The van der Waals surface area contributed by atoms with Gasteiger partial charge in [-0.1, -0.05) is 34.6 Å². The average Bonchev–Trinajstić information content (AvgIpc) is 1.96. The Hall–Kier alpha value is -0.660. The van der Waals surface area contributed by atoms with E-state index in [2.05, 4.69) is 0 Å². The molecule has 82 valence electrons. The molecule has 0 saturated carbocycles. The van der Waals surface area contributed by atoms with Crippen LogP contribution in [0, 0.1) is 17.3 Å². The molecule has 0 heterocycles. The van der Waals surface area contributed by atoms with Crippen LogP contribution in [0.15, 0.2) is 0 Å². The normalized spacial score (nSPS) is 14.2. The summed E-state index contributed by atoms with van der Waals surface area (Å²) in [7, 11) is 0. The molecule has 0 aliphatic heterocycles. The highest BCUT2D eigenvalue weighted by Gasteiger charge is 2.32. The predicted molar refractivity (Wildman–Crippen MR) is 58.1 cm³/mol. The molecule has 0 spiro atoms. The minimum atomic E-state index is -0.343. The Morgan fingerprint density at radius 1 is 1.14 bits per heavy atom. The van der Waals surface area contributed by atoms with Crippen LogP contribution in [0.2, 0.25) is 0 Å². The van der Waals surface area contributed by atoms with Crippen molar-refractivity contribution in [1.82, 2.24) is 0 Å². The van der Waals surface area contributed by atoms with E-state index in [0.717, 1.165) is 0 Å². The second kappa shape index (κ2) is 4.72. The van der Waals surface area contributed by atoms with E-state index in [9.17, 15) is 9.59 Å². The molecule has 0 aromatic heterocycles. The summed E-state index contributed by atoms with van der Waals surface area (Å²) in [6.45, 7) is 11.3. The van der Waals surface area contributed by atoms with Crippen molar-refractivity contribution >= 4 is 11.6 Å². The molecule has 0 rings (SSSR count). The lowest BCUT2D eigenvalue weighted by Crippen LogP contribution is -2.32. The number of Topliss-reactive ketones (excluding diaryl/α,β-unsaturated/α-hetero) is 2. The number of hydrogen-bond donors (Lipinski definition) is 0. The second-order valence-corrected chi connectivity index (χ2v) is 5.37. The number of carbonyl (C=O) groups is 2. The summed E-state index contributed by atoms with van der Waals surface area (Å²) in [5.74, 6) is 0.419. The van der Waals surface area contributed by atoms with Gasteiger partial charge in [-0.3, -0.25) is 4.79 Å². The maximum absolute atomic E-state index is 12.0. The van der Waals surface area contributed by atoms with Gasteiger partial charge in [0.05, 0.1) is 0 Å². The topological polar surface area (TPSA) is 34.1 Å². The fraction of sp³-hybridized carbons (Fsp3) is 0.833. The van der Waals surface area contributed by atoms with Gasteiger partial charge >= 0.3 is 0 Å². The molecule has 1 atom stereocenters. The van der Waals surface area contributed by atoms with Crippen LogP contribution in [0.3, 0.4) is 0 Å². The standard InChI is InChI=1S/C12H22O2/c1-8(2)10(7-9(3)13)11(14)12(4,5)6/h8,10H,7H2,1-6H3. The molecule has 14 heavy (non-hydrogen) atoms. The van der Waals surface area contributed by atoms with Gasteiger partial charge in [-0.15, -0.1) is 0 Å². The quantitative estimate of drug-likeness (QED) is 0.696. The van der Waals surface area contributed by atoms with Gasteiger partial charge in [-0.2, -0.15) is 0 Å². The minimum absolute atomic E-state index is 0.0984. The van der Waals surface area contributed by atoms with Crippen molar-refractivity contribution in [2.75, 3.05) is 0 Å². The first-order valence-corrected chi connectivity index (χ1v) is 5.20. The van der Waals surface area contributed by atoms with E-state index in [1.807, 2.05) is 34.6 Å². The Bertz CT molecular complexity index is 221. The molecule has 2 nitrogen and oxygen atoms in total. The van der Waals surface area contributed by atoms with Gasteiger partial charge < -0.3 is 4.79 Å². The number of carbonyl (C=O) groups excluding carboxylic acids is 2. The minimum Gasteiger partial charge on any atom is -0.300 e. The maximum Gasteiger partial charge on any atom is 0.141 e. The van der Waals surface area contributed by atoms with Crippen molar-refractivity contribution in [2.45, 2.75) is 48.0 Å². The van der Waals surface area contributed by atoms with Crippen molar-refractivity contribution in [1.29, 1.82) is 0 Å². The van der Waals surface area contributed by atoms with Crippen LogP contribution in [-0.4, -0.2) is 11.6 Å². The van der Waals surface area contributed by atoms with Gasteiger partial charge in [0.25, 0.3) is 0 Å². The van der Waals surface area contributed by atoms with Crippen molar-refractivity contribution < 1.29 is 9.59 Å². The SMILES string of the molecule is CC(=O)CC(C(=O)C(C)(C)C)C(C)C. The smallest absolute Gasteiger partial charge is 0.141 e. The number of rotatable bonds is 4. The molecule has 0 aliphatic rings. The first-order valence-electron chi connectivity index (χ1n) is 5.20. The fourth-order valence-corrected chi connectivity index (χ4v) is 1.50. The Labute approximate surface area is 87.1 Å². The molecule has 0 saturated heterocycles. The zero-order chi connectivity index (χ0) is 11.5. The lowest BCUT2D eigenvalue weighted by molar-refractivity contribution is -0.134. The van der Waals surface area contributed by atoms with Gasteiger partial charge in [0, 0.05) is 17.8 Å². The van der Waals surface area contributed by atoms with Gasteiger partial charge in [-0.05, 0) is 12.8 Å². The molecule has 0 N–H and O–H groups in total. The van der Waals surface area contributed by atoms with E-state index in [0.29, 0.717) is 6.42 Å². The third-order valence-corrected chi connectivity index (χ3v) is 2.39. The van der Waals surface area contributed by atoms with Crippen LogP contribution in [0.5, 0.6) is 0 Å². The summed E-state index contributed by atoms with van der Waals surface area (Å²) in [5, 5.41) is 0. The van der Waals surface area contributed by atoms with Gasteiger partial charge in [-0.25, -0.2) is 0 Å². The Morgan fingerprint density at radius 3 is 1.79 bits per heavy atom. The van der Waals surface area contributed by atoms with Crippen LogP contribution in [0.1, 0.15) is 48.0 Å². The van der Waals surface area contributed by atoms with E-state index in [4.69, 9.17) is 0 Å². The van der Waals surface area contributed by atoms with Gasteiger partial charge in [0.2, 0.25) is 0 Å². The zero-order valence-corrected chi connectivity index (χ0v) is 10.2. The lowest BCUT2D eigenvalue weighted by atomic mass is 9.76. The van der Waals surface area contributed by atoms with E-state index >= 15 is 0 Å². The highest BCUT2D eigenvalue weighted by atomic mass is 16.1. The first kappa shape index (κ1) is 13.3. The molecule has 0 fully saturated rings. The average molecular weight is 198 g/mol. The predicted octanol–water partition coefficient (Wildman–Crippen LogP) is 2.85. The molecule has 0 aromatic rings. The monoisotopic (exact) mass is 198 g/mol. The Kier molecular flexibility index (Phi) is 4.50. The third-order valence-electron chi connectivity index (χ3n) is 2.39. The second-order valence-electron chi connectivity index (χ2n) is 5.37. The molecule has 0 amide bonds. The summed E-state index contributed by atoms with van der Waals surface area (Å²) in [5.41, 5.74) is -0.343. The van der Waals surface area contributed by atoms with Crippen molar-refractivity contribution in [3.05, 3.63) is 0 Å². The lowest BCUT2D eigenvalue weighted by Gasteiger charge is -2.26. The maximum atomic E-state index is 12.0. The summed E-state index contributed by atoms with van der Waals surface area (Å²) >= 11 is 0. The summed E-state index contributed by atoms with van der Waals surface area (Å²) in [4.78, 5) is 23.0. The zero-order valence-electron chi connectivity index (χ0n) is 10.2. The van der Waals surface area contributed by atoms with E-state index in [1.54, 1.807) is 6.92 Å². The molecule has 1 unspecified atom stereocenters. The van der Waals surface area contributed by atoms with Crippen molar-refractivity contribution in [3.63, 3.8) is 0 Å². The molecule has 0 bridgehead atoms. The molecular formula is C12H22O2. The van der Waals surface area contributed by atoms with Gasteiger partial charge in [0.15, 0.2) is 0 Å². The summed E-state index contributed by atoms with van der Waals surface area (Å²) < 4.78 is 0. The highest BCUT2D eigenvalue weighted by Crippen LogP contribution is 2.27. The van der Waals surface area contributed by atoms with E-state index in [-0.39, 0.29) is 28.8 Å². The first-order chi connectivity index (χ1) is 6.16. The van der Waals surface area contributed by atoms with Crippen LogP contribution in [0.25, 0.3) is 0 Å². The van der Waals surface area contributed by atoms with Crippen LogP contribution in [0.4, 0.5) is 0 Å². The Morgan fingerprint density at radius 2 is 1.57 bits per heavy atom. The van der Waals surface area contributed by atoms with E-state index < -0.39 is 0 Å². The molecule has 0 aromatic carbocycles. The number of hydrogen-bond acceptors (Lipinski definition) is 2. The van der Waals surface area contributed by atoms with Crippen molar-refractivity contribution in [2.24, 2.45) is 17.3 Å². The molecule has 0 radical (unpaired) electrons. The Balaban J connectivity index is 4.67. The number of ketones is 2. The fourth-order valence-electron chi connectivity index (χ4n) is 1.50. The van der Waals surface area contributed by atoms with Crippen LogP contribution in [-0.2, 0) is 9.59 Å². The van der Waals surface area contributed by atoms with Crippen molar-refractivity contribution in [3.8, 4) is 0 Å². The van der Waals surface area contributed by atoms with Crippen LogP contribution < -0.4 is 0 Å². The molecule has 0 aliphatic carbocycles.